The molecule has 0 saturated carbocycles. The van der Waals surface area contributed by atoms with Gasteiger partial charge in [0.25, 0.3) is 5.91 Å². The van der Waals surface area contributed by atoms with E-state index in [4.69, 9.17) is 9.47 Å². The van der Waals surface area contributed by atoms with Gasteiger partial charge in [-0.25, -0.2) is 8.42 Å². The number of anilines is 1. The van der Waals surface area contributed by atoms with Gasteiger partial charge in [0, 0.05) is 18.7 Å². The third-order valence-corrected chi connectivity index (χ3v) is 6.54. The van der Waals surface area contributed by atoms with Crippen molar-refractivity contribution >= 4 is 21.6 Å². The molecule has 156 valence electrons. The summed E-state index contributed by atoms with van der Waals surface area (Å²) in [6, 6.07) is 11.6. The molecule has 0 spiro atoms. The van der Waals surface area contributed by atoms with E-state index >= 15 is 0 Å². The Hall–Kier alpha value is -2.58. The summed E-state index contributed by atoms with van der Waals surface area (Å²) in [5.41, 5.74) is 0.759. The van der Waals surface area contributed by atoms with E-state index in [1.165, 1.54) is 16.4 Å². The van der Waals surface area contributed by atoms with Crippen LogP contribution in [0.3, 0.4) is 0 Å². The molecule has 29 heavy (non-hydrogen) atoms. The smallest absolute Gasteiger partial charge is 0.255 e. The Labute approximate surface area is 171 Å². The van der Waals surface area contributed by atoms with Crippen LogP contribution in [0.4, 0.5) is 5.69 Å². The molecule has 0 aliphatic carbocycles. The third-order valence-electron chi connectivity index (χ3n) is 4.62. The molecule has 1 aliphatic rings. The fraction of sp³-hybridized carbons (Fsp3) is 0.381. The number of nitrogens with zero attached hydrogens (tertiary/aromatic N) is 1. The Bertz CT molecular complexity index is 969. The second kappa shape index (κ2) is 9.28. The molecule has 7 nitrogen and oxygen atoms in total. The number of hydrogen-bond acceptors (Lipinski definition) is 5. The van der Waals surface area contributed by atoms with E-state index in [1.54, 1.807) is 31.2 Å². The second-order valence-electron chi connectivity index (χ2n) is 6.59. The molecule has 1 N–H and O–H groups in total. The number of rotatable bonds is 8. The Balaban J connectivity index is 1.93. The summed E-state index contributed by atoms with van der Waals surface area (Å²) in [4.78, 5) is 12.8. The molecule has 0 unspecified atom stereocenters. The van der Waals surface area contributed by atoms with Crippen molar-refractivity contribution in [3.05, 3.63) is 48.0 Å². The van der Waals surface area contributed by atoms with Crippen LogP contribution in [0.25, 0.3) is 0 Å². The van der Waals surface area contributed by atoms with Gasteiger partial charge in [0.05, 0.1) is 18.9 Å². The van der Waals surface area contributed by atoms with Gasteiger partial charge in [0.15, 0.2) is 0 Å². The minimum Gasteiger partial charge on any atom is -0.492 e. The number of carbonyl (C=O) groups is 1. The molecule has 0 atom stereocenters. The van der Waals surface area contributed by atoms with Crippen LogP contribution in [-0.2, 0) is 10.0 Å². The lowest BCUT2D eigenvalue weighted by molar-refractivity contribution is 0.102. The van der Waals surface area contributed by atoms with Crippen molar-refractivity contribution in [2.24, 2.45) is 0 Å². The molecule has 1 heterocycles. The standard InChI is InChI=1S/C21H26N2O5S/c1-3-27-18-10-6-5-9-17(18)22-21(24)16-11-12-19(28-4-2)20(15-16)29(25,26)23-13-7-8-14-23/h5-6,9-12,15H,3-4,7-8,13-14H2,1-2H3,(H,22,24). The van der Waals surface area contributed by atoms with Crippen LogP contribution < -0.4 is 14.8 Å². The molecule has 0 bridgehead atoms. The van der Waals surface area contributed by atoms with Crippen LogP contribution in [0.15, 0.2) is 47.4 Å². The SMILES string of the molecule is CCOc1ccccc1NC(=O)c1ccc(OCC)c(S(=O)(=O)N2CCCC2)c1. The highest BCUT2D eigenvalue weighted by molar-refractivity contribution is 7.89. The van der Waals surface area contributed by atoms with E-state index in [2.05, 4.69) is 5.32 Å². The van der Waals surface area contributed by atoms with Crippen molar-refractivity contribution in [3.63, 3.8) is 0 Å². The number of para-hydroxylation sites is 2. The van der Waals surface area contributed by atoms with Gasteiger partial charge in [0.2, 0.25) is 10.0 Å². The first-order valence-electron chi connectivity index (χ1n) is 9.77. The number of amides is 1. The molecule has 1 fully saturated rings. The van der Waals surface area contributed by atoms with Gasteiger partial charge in [-0.1, -0.05) is 12.1 Å². The lowest BCUT2D eigenvalue weighted by Crippen LogP contribution is -2.28. The third kappa shape index (κ3) is 4.71. The van der Waals surface area contributed by atoms with Gasteiger partial charge in [-0.3, -0.25) is 4.79 Å². The minimum absolute atomic E-state index is 0.0204. The van der Waals surface area contributed by atoms with Gasteiger partial charge in [0.1, 0.15) is 16.4 Å². The quantitative estimate of drug-likeness (QED) is 0.709. The van der Waals surface area contributed by atoms with Crippen molar-refractivity contribution in [3.8, 4) is 11.5 Å². The number of sulfonamides is 1. The fourth-order valence-corrected chi connectivity index (χ4v) is 4.91. The molecule has 1 amide bonds. The molecule has 0 radical (unpaired) electrons. The Morgan fingerprint density at radius 3 is 2.34 bits per heavy atom. The Morgan fingerprint density at radius 1 is 1.00 bits per heavy atom. The normalized spacial score (nSPS) is 14.6. The fourth-order valence-electron chi connectivity index (χ4n) is 3.24. The number of nitrogens with one attached hydrogen (secondary N) is 1. The highest BCUT2D eigenvalue weighted by atomic mass is 32.2. The van der Waals surface area contributed by atoms with Gasteiger partial charge in [-0.2, -0.15) is 4.31 Å². The van der Waals surface area contributed by atoms with E-state index in [0.29, 0.717) is 37.7 Å². The largest absolute Gasteiger partial charge is 0.492 e. The number of carbonyl (C=O) groups excluding carboxylic acids is 1. The minimum atomic E-state index is -3.73. The molecule has 2 aromatic carbocycles. The van der Waals surface area contributed by atoms with Crippen LogP contribution >= 0.6 is 0 Å². The van der Waals surface area contributed by atoms with Crippen molar-refractivity contribution < 1.29 is 22.7 Å². The summed E-state index contributed by atoms with van der Waals surface area (Å²) in [5.74, 6) is 0.392. The summed E-state index contributed by atoms with van der Waals surface area (Å²) in [5, 5.41) is 2.80. The maximum absolute atomic E-state index is 13.1. The Kier molecular flexibility index (Phi) is 6.76. The van der Waals surface area contributed by atoms with Crippen LogP contribution in [0.2, 0.25) is 0 Å². The van der Waals surface area contributed by atoms with Crippen LogP contribution in [0.1, 0.15) is 37.0 Å². The zero-order valence-electron chi connectivity index (χ0n) is 16.7. The number of hydrogen-bond donors (Lipinski definition) is 1. The van der Waals surface area contributed by atoms with Crippen molar-refractivity contribution in [2.45, 2.75) is 31.6 Å². The topological polar surface area (TPSA) is 84.9 Å². The van der Waals surface area contributed by atoms with Crippen LogP contribution in [-0.4, -0.2) is 44.9 Å². The van der Waals surface area contributed by atoms with E-state index in [-0.39, 0.29) is 16.2 Å². The predicted octanol–water partition coefficient (Wildman–Crippen LogP) is 3.52. The molecular weight excluding hydrogens is 392 g/mol. The van der Waals surface area contributed by atoms with Gasteiger partial charge in [-0.05, 0) is 57.0 Å². The first-order chi connectivity index (χ1) is 14.0. The summed E-state index contributed by atoms with van der Waals surface area (Å²) in [6.07, 6.45) is 1.66. The van der Waals surface area contributed by atoms with E-state index < -0.39 is 15.9 Å². The average Bonchev–Trinajstić information content (AvgIpc) is 3.26. The average molecular weight is 419 g/mol. The lowest BCUT2D eigenvalue weighted by Gasteiger charge is -2.19. The van der Waals surface area contributed by atoms with Crippen LogP contribution in [0, 0.1) is 0 Å². The van der Waals surface area contributed by atoms with E-state index in [0.717, 1.165) is 12.8 Å². The van der Waals surface area contributed by atoms with E-state index in [9.17, 15) is 13.2 Å². The van der Waals surface area contributed by atoms with E-state index in [1.807, 2.05) is 13.0 Å². The summed E-state index contributed by atoms with van der Waals surface area (Å²) >= 11 is 0. The Morgan fingerprint density at radius 2 is 1.66 bits per heavy atom. The molecular formula is C21H26N2O5S. The zero-order chi connectivity index (χ0) is 20.9. The van der Waals surface area contributed by atoms with Gasteiger partial charge < -0.3 is 14.8 Å². The van der Waals surface area contributed by atoms with Crippen molar-refractivity contribution in [1.29, 1.82) is 0 Å². The number of ether oxygens (including phenoxy) is 2. The molecule has 3 rings (SSSR count). The molecule has 0 aromatic heterocycles. The highest BCUT2D eigenvalue weighted by Crippen LogP contribution is 2.31. The zero-order valence-corrected chi connectivity index (χ0v) is 17.5. The molecule has 2 aromatic rings. The van der Waals surface area contributed by atoms with Crippen molar-refractivity contribution in [1.82, 2.24) is 4.31 Å². The monoisotopic (exact) mass is 418 g/mol. The van der Waals surface area contributed by atoms with Gasteiger partial charge in [-0.15, -0.1) is 0 Å². The molecule has 1 saturated heterocycles. The first-order valence-corrected chi connectivity index (χ1v) is 11.2. The highest BCUT2D eigenvalue weighted by Gasteiger charge is 2.31. The second-order valence-corrected chi connectivity index (χ2v) is 8.50. The molecule has 8 heteroatoms. The maximum atomic E-state index is 13.1. The molecule has 1 aliphatic heterocycles. The summed E-state index contributed by atoms with van der Waals surface area (Å²) < 4.78 is 38.7. The van der Waals surface area contributed by atoms with Crippen molar-refractivity contribution in [2.75, 3.05) is 31.6 Å². The lowest BCUT2D eigenvalue weighted by atomic mass is 10.2. The maximum Gasteiger partial charge on any atom is 0.255 e. The summed E-state index contributed by atoms with van der Waals surface area (Å²) in [7, 11) is -3.73. The number of benzene rings is 2. The first kappa shape index (κ1) is 21.1. The van der Waals surface area contributed by atoms with Crippen LogP contribution in [0.5, 0.6) is 11.5 Å². The predicted molar refractivity (Wildman–Crippen MR) is 111 cm³/mol. The van der Waals surface area contributed by atoms with Gasteiger partial charge >= 0.3 is 0 Å². The summed E-state index contributed by atoms with van der Waals surface area (Å²) in [6.45, 7) is 5.40.